The first-order chi connectivity index (χ1) is 11.6. The van der Waals surface area contributed by atoms with E-state index in [1.54, 1.807) is 0 Å². The molecular weight excluding hydrogens is 314 g/mol. The second kappa shape index (κ2) is 6.78. The number of benzene rings is 2. The monoisotopic (exact) mass is 330 g/mol. The minimum Gasteiger partial charge on any atom is -0.353 e. The molecule has 2 aromatic carbocycles. The largest absolute Gasteiger partial charge is 0.353 e. The molecule has 1 aliphatic heterocycles. The van der Waals surface area contributed by atoms with E-state index in [4.69, 9.17) is 0 Å². The van der Waals surface area contributed by atoms with Crippen molar-refractivity contribution in [2.45, 2.75) is 12.5 Å². The fraction of sp³-hybridized carbons (Fsp3) is 0.222. The van der Waals surface area contributed by atoms with E-state index in [0.29, 0.717) is 19.0 Å². The number of amides is 2. The summed E-state index contributed by atoms with van der Waals surface area (Å²) in [4.78, 5) is 26.2. The van der Waals surface area contributed by atoms with Crippen molar-refractivity contribution in [2.24, 2.45) is 0 Å². The van der Waals surface area contributed by atoms with Crippen molar-refractivity contribution >= 4 is 11.8 Å². The molecule has 1 fully saturated rings. The average Bonchev–Trinajstić information content (AvgIpc) is 2.57. The quantitative estimate of drug-likeness (QED) is 0.937. The molecule has 6 heteroatoms. The van der Waals surface area contributed by atoms with Gasteiger partial charge < -0.3 is 10.2 Å². The van der Waals surface area contributed by atoms with Gasteiger partial charge in [0, 0.05) is 25.6 Å². The van der Waals surface area contributed by atoms with Crippen LogP contribution >= 0.6 is 0 Å². The molecule has 1 heterocycles. The highest BCUT2D eigenvalue weighted by atomic mass is 19.1. The Morgan fingerprint density at radius 3 is 2.62 bits per heavy atom. The van der Waals surface area contributed by atoms with Gasteiger partial charge in [0.2, 0.25) is 5.91 Å². The maximum atomic E-state index is 13.9. The summed E-state index contributed by atoms with van der Waals surface area (Å²) in [5.41, 5.74) is 0.668. The molecule has 0 aliphatic carbocycles. The number of rotatable bonds is 3. The molecule has 0 aromatic heterocycles. The molecule has 1 N–H and O–H groups in total. The molecular formula is C18H16F2N2O2. The van der Waals surface area contributed by atoms with Gasteiger partial charge in [-0.3, -0.25) is 9.59 Å². The van der Waals surface area contributed by atoms with E-state index in [0.717, 1.165) is 17.7 Å². The molecule has 0 spiro atoms. The Morgan fingerprint density at radius 2 is 1.92 bits per heavy atom. The van der Waals surface area contributed by atoms with Crippen LogP contribution in [-0.4, -0.2) is 35.8 Å². The smallest absolute Gasteiger partial charge is 0.257 e. The van der Waals surface area contributed by atoms with Crippen LogP contribution in [0.25, 0.3) is 0 Å². The summed E-state index contributed by atoms with van der Waals surface area (Å²) < 4.78 is 27.0. The molecule has 1 atom stereocenters. The number of hydrogen-bond donors (Lipinski definition) is 1. The van der Waals surface area contributed by atoms with E-state index in [1.807, 2.05) is 30.3 Å². The van der Waals surface area contributed by atoms with Crippen LogP contribution in [0.1, 0.15) is 15.9 Å². The van der Waals surface area contributed by atoms with E-state index < -0.39 is 23.6 Å². The summed E-state index contributed by atoms with van der Waals surface area (Å²) in [6.07, 6.45) is 0.335. The van der Waals surface area contributed by atoms with E-state index in [2.05, 4.69) is 5.32 Å². The highest BCUT2D eigenvalue weighted by Gasteiger charge is 2.34. The van der Waals surface area contributed by atoms with Crippen LogP contribution < -0.4 is 5.32 Å². The van der Waals surface area contributed by atoms with Crippen molar-refractivity contribution in [3.63, 3.8) is 0 Å². The van der Waals surface area contributed by atoms with Gasteiger partial charge in [-0.05, 0) is 17.7 Å². The molecule has 3 rings (SSSR count). The molecule has 2 aromatic rings. The lowest BCUT2D eigenvalue weighted by atomic mass is 10.0. The molecule has 0 radical (unpaired) electrons. The Labute approximate surface area is 138 Å². The molecule has 0 unspecified atom stereocenters. The first kappa shape index (κ1) is 16.1. The standard InChI is InChI=1S/C18H16F2N2O2/c19-13-6-7-14(15(20)11-13)18(24)22-9-8-21-17(23)16(22)10-12-4-2-1-3-5-12/h1-7,11,16H,8-10H2,(H,21,23)/t16-/m0/s1. The summed E-state index contributed by atoms with van der Waals surface area (Å²) in [6.45, 7) is 0.581. The third-order valence-corrected chi connectivity index (χ3v) is 4.03. The van der Waals surface area contributed by atoms with E-state index >= 15 is 0 Å². The lowest BCUT2D eigenvalue weighted by molar-refractivity contribution is -0.127. The summed E-state index contributed by atoms with van der Waals surface area (Å²) >= 11 is 0. The SMILES string of the molecule is O=C1NCCN(C(=O)c2ccc(F)cc2F)[C@H]1Cc1ccccc1. The van der Waals surface area contributed by atoms with Crippen molar-refractivity contribution in [3.8, 4) is 0 Å². The van der Waals surface area contributed by atoms with E-state index in [-0.39, 0.29) is 18.0 Å². The molecule has 2 amide bonds. The molecule has 0 bridgehead atoms. The summed E-state index contributed by atoms with van der Waals surface area (Å²) in [5, 5.41) is 2.73. The third kappa shape index (κ3) is 3.27. The Bertz CT molecular complexity index is 765. The summed E-state index contributed by atoms with van der Waals surface area (Å²) in [7, 11) is 0. The van der Waals surface area contributed by atoms with E-state index in [9.17, 15) is 18.4 Å². The molecule has 1 saturated heterocycles. The predicted octanol–water partition coefficient (Wildman–Crippen LogP) is 2.15. The van der Waals surface area contributed by atoms with Crippen LogP contribution in [0, 0.1) is 11.6 Å². The lowest BCUT2D eigenvalue weighted by Gasteiger charge is -2.35. The number of piperazine rings is 1. The van der Waals surface area contributed by atoms with Gasteiger partial charge in [0.05, 0.1) is 5.56 Å². The summed E-state index contributed by atoms with van der Waals surface area (Å²) in [6, 6.07) is 11.4. The van der Waals surface area contributed by atoms with Crippen LogP contribution in [0.15, 0.2) is 48.5 Å². The van der Waals surface area contributed by atoms with Crippen molar-refractivity contribution < 1.29 is 18.4 Å². The minimum atomic E-state index is -0.926. The Morgan fingerprint density at radius 1 is 1.17 bits per heavy atom. The number of nitrogens with one attached hydrogen (secondary N) is 1. The van der Waals surface area contributed by atoms with Crippen LogP contribution in [0.5, 0.6) is 0 Å². The van der Waals surface area contributed by atoms with Gasteiger partial charge in [-0.2, -0.15) is 0 Å². The van der Waals surface area contributed by atoms with Crippen LogP contribution in [-0.2, 0) is 11.2 Å². The van der Waals surface area contributed by atoms with Gasteiger partial charge in [0.15, 0.2) is 0 Å². The van der Waals surface area contributed by atoms with Crippen LogP contribution in [0.3, 0.4) is 0 Å². The van der Waals surface area contributed by atoms with E-state index in [1.165, 1.54) is 4.90 Å². The molecule has 124 valence electrons. The number of halogens is 2. The highest BCUT2D eigenvalue weighted by Crippen LogP contribution is 2.18. The predicted molar refractivity (Wildman–Crippen MR) is 84.3 cm³/mol. The fourth-order valence-electron chi connectivity index (χ4n) is 2.82. The summed E-state index contributed by atoms with van der Waals surface area (Å²) in [5.74, 6) is -2.56. The van der Waals surface area contributed by atoms with Gasteiger partial charge in [-0.25, -0.2) is 8.78 Å². The van der Waals surface area contributed by atoms with Crippen molar-refractivity contribution in [1.29, 1.82) is 0 Å². The van der Waals surface area contributed by atoms with Crippen molar-refractivity contribution in [1.82, 2.24) is 10.2 Å². The van der Waals surface area contributed by atoms with Crippen LogP contribution in [0.2, 0.25) is 0 Å². The number of carbonyl (C=O) groups is 2. The molecule has 1 aliphatic rings. The van der Waals surface area contributed by atoms with Gasteiger partial charge in [-0.1, -0.05) is 30.3 Å². The zero-order chi connectivity index (χ0) is 17.1. The minimum absolute atomic E-state index is 0.232. The molecule has 4 nitrogen and oxygen atoms in total. The number of carbonyl (C=O) groups excluding carboxylic acids is 2. The highest BCUT2D eigenvalue weighted by molar-refractivity contribution is 5.98. The maximum Gasteiger partial charge on any atom is 0.257 e. The zero-order valence-corrected chi connectivity index (χ0v) is 12.8. The zero-order valence-electron chi connectivity index (χ0n) is 12.8. The molecule has 0 saturated carbocycles. The topological polar surface area (TPSA) is 49.4 Å². The van der Waals surface area contributed by atoms with Crippen LogP contribution in [0.4, 0.5) is 8.78 Å². The normalized spacial score (nSPS) is 17.5. The Balaban J connectivity index is 1.88. The maximum absolute atomic E-state index is 13.9. The Hall–Kier alpha value is -2.76. The second-order valence-electron chi connectivity index (χ2n) is 5.62. The van der Waals surface area contributed by atoms with Crippen molar-refractivity contribution in [2.75, 3.05) is 13.1 Å². The number of hydrogen-bond acceptors (Lipinski definition) is 2. The lowest BCUT2D eigenvalue weighted by Crippen LogP contribution is -2.58. The Kier molecular flexibility index (Phi) is 4.55. The first-order valence-electron chi connectivity index (χ1n) is 7.64. The van der Waals surface area contributed by atoms with Gasteiger partial charge in [0.25, 0.3) is 5.91 Å². The van der Waals surface area contributed by atoms with Gasteiger partial charge in [0.1, 0.15) is 17.7 Å². The second-order valence-corrected chi connectivity index (χ2v) is 5.62. The average molecular weight is 330 g/mol. The third-order valence-electron chi connectivity index (χ3n) is 4.03. The fourth-order valence-corrected chi connectivity index (χ4v) is 2.82. The number of nitrogens with zero attached hydrogens (tertiary/aromatic N) is 1. The van der Waals surface area contributed by atoms with Crippen molar-refractivity contribution in [3.05, 3.63) is 71.3 Å². The van der Waals surface area contributed by atoms with Gasteiger partial charge in [-0.15, -0.1) is 0 Å². The molecule has 24 heavy (non-hydrogen) atoms. The first-order valence-corrected chi connectivity index (χ1v) is 7.64. The van der Waals surface area contributed by atoms with Gasteiger partial charge >= 0.3 is 0 Å².